The molecule has 4 aromatic rings. The molecule has 3 aromatic carbocycles. The van der Waals surface area contributed by atoms with E-state index in [1.165, 1.54) is 4.57 Å². The lowest BCUT2D eigenvalue weighted by molar-refractivity contribution is 0.0773. The molecule has 4 rings (SSSR count). The van der Waals surface area contributed by atoms with Gasteiger partial charge in [0.15, 0.2) is 0 Å². The molecule has 0 amide bonds. The number of rotatable bonds is 3. The van der Waals surface area contributed by atoms with Crippen molar-refractivity contribution in [2.45, 2.75) is 25.7 Å². The first-order chi connectivity index (χ1) is 13.7. The van der Waals surface area contributed by atoms with Crippen LogP contribution in [0.4, 0.5) is 5.69 Å². The second-order valence-corrected chi connectivity index (χ2v) is 9.72. The summed E-state index contributed by atoms with van der Waals surface area (Å²) in [4.78, 5) is 13.1. The molecule has 29 heavy (non-hydrogen) atoms. The van der Waals surface area contributed by atoms with Crippen molar-refractivity contribution < 1.29 is 13.2 Å². The third kappa shape index (κ3) is 3.40. The summed E-state index contributed by atoms with van der Waals surface area (Å²) in [5.41, 5.74) is 0.322. The Labute approximate surface area is 170 Å². The summed E-state index contributed by atoms with van der Waals surface area (Å²) >= 11 is 0. The number of benzene rings is 3. The third-order valence-corrected chi connectivity index (χ3v) is 6.28. The lowest BCUT2D eigenvalue weighted by atomic mass is 9.95. The zero-order chi connectivity index (χ0) is 20.8. The van der Waals surface area contributed by atoms with Gasteiger partial charge in [0.25, 0.3) is 10.0 Å². The number of fused-ring (bicyclic) bond motifs is 2. The molecule has 0 saturated carbocycles. The highest BCUT2D eigenvalue weighted by molar-refractivity contribution is 7.93. The first-order valence-electron chi connectivity index (χ1n) is 9.34. The molecule has 0 atom stereocenters. The molecule has 0 aliphatic carbocycles. The van der Waals surface area contributed by atoms with Gasteiger partial charge in [-0.05, 0) is 23.6 Å². The maximum atomic E-state index is 13.3. The highest BCUT2D eigenvalue weighted by atomic mass is 32.2. The summed E-state index contributed by atoms with van der Waals surface area (Å²) in [5, 5.41) is 2.29. The Morgan fingerprint density at radius 2 is 1.52 bits per heavy atom. The van der Waals surface area contributed by atoms with Crippen LogP contribution < -0.4 is 4.72 Å². The second kappa shape index (κ2) is 6.74. The molecule has 0 fully saturated rings. The number of aromatic nitrogens is 1. The van der Waals surface area contributed by atoms with Gasteiger partial charge in [0.05, 0.1) is 16.1 Å². The third-order valence-electron chi connectivity index (χ3n) is 4.86. The van der Waals surface area contributed by atoms with E-state index in [1.54, 1.807) is 36.5 Å². The number of hydrogen-bond acceptors (Lipinski definition) is 3. The fourth-order valence-corrected chi connectivity index (χ4v) is 4.73. The normalized spacial score (nSPS) is 12.4. The van der Waals surface area contributed by atoms with Gasteiger partial charge in [-0.1, -0.05) is 69.3 Å². The molecule has 1 aromatic heterocycles. The molecule has 0 bridgehead atoms. The number of carbonyl (C=O) groups is 1. The average molecular weight is 407 g/mol. The van der Waals surface area contributed by atoms with Crippen molar-refractivity contribution in [3.8, 4) is 0 Å². The van der Waals surface area contributed by atoms with Gasteiger partial charge in [-0.15, -0.1) is 0 Å². The highest BCUT2D eigenvalue weighted by Gasteiger charge is 2.26. The van der Waals surface area contributed by atoms with Gasteiger partial charge in [-0.2, -0.15) is 0 Å². The maximum Gasteiger partial charge on any atom is 0.262 e. The fraction of sp³-hybridized carbons (Fsp3) is 0.174. The molecule has 5 nitrogen and oxygen atoms in total. The van der Waals surface area contributed by atoms with E-state index >= 15 is 0 Å². The molecule has 148 valence electrons. The van der Waals surface area contributed by atoms with Crippen molar-refractivity contribution in [3.63, 3.8) is 0 Å². The average Bonchev–Trinajstić information content (AvgIpc) is 3.11. The smallest absolute Gasteiger partial charge is 0.262 e. The fourth-order valence-electron chi connectivity index (χ4n) is 3.44. The van der Waals surface area contributed by atoms with Crippen LogP contribution in [0.5, 0.6) is 0 Å². The molecule has 0 radical (unpaired) electrons. The van der Waals surface area contributed by atoms with E-state index in [9.17, 15) is 13.2 Å². The van der Waals surface area contributed by atoms with E-state index < -0.39 is 15.4 Å². The molecule has 0 aliphatic rings. The van der Waals surface area contributed by atoms with Gasteiger partial charge in [-0.25, -0.2) is 8.42 Å². The highest BCUT2D eigenvalue weighted by Crippen LogP contribution is 2.31. The van der Waals surface area contributed by atoms with Crippen molar-refractivity contribution in [2.24, 2.45) is 5.41 Å². The van der Waals surface area contributed by atoms with Crippen LogP contribution in [-0.2, 0) is 10.0 Å². The Morgan fingerprint density at radius 3 is 2.28 bits per heavy atom. The summed E-state index contributed by atoms with van der Waals surface area (Å²) in [6.45, 7) is 5.51. The van der Waals surface area contributed by atoms with E-state index in [0.717, 1.165) is 10.8 Å². The first kappa shape index (κ1) is 19.2. The SMILES string of the molecule is CC(C)(C)C(=O)n1ccc2cccc(NS(=O)(=O)c3cccc4ccccc34)c21. The van der Waals surface area contributed by atoms with Crippen molar-refractivity contribution >= 4 is 43.3 Å². The molecular weight excluding hydrogens is 384 g/mol. The van der Waals surface area contributed by atoms with Crippen LogP contribution in [0, 0.1) is 5.41 Å². The predicted octanol–water partition coefficient (Wildman–Crippen LogP) is 5.28. The lowest BCUT2D eigenvalue weighted by Gasteiger charge is -2.19. The molecular formula is C23H22N2O3S. The number of anilines is 1. The topological polar surface area (TPSA) is 68.2 Å². The van der Waals surface area contributed by atoms with Crippen molar-refractivity contribution in [1.82, 2.24) is 4.57 Å². The number of hydrogen-bond donors (Lipinski definition) is 1. The number of carbonyl (C=O) groups excluding carboxylic acids is 1. The Bertz CT molecular complexity index is 1340. The first-order valence-corrected chi connectivity index (χ1v) is 10.8. The number of sulfonamides is 1. The summed E-state index contributed by atoms with van der Waals surface area (Å²) in [7, 11) is -3.86. The van der Waals surface area contributed by atoms with Crippen LogP contribution >= 0.6 is 0 Å². The Morgan fingerprint density at radius 1 is 0.862 bits per heavy atom. The van der Waals surface area contributed by atoms with Gasteiger partial charge >= 0.3 is 0 Å². The minimum Gasteiger partial charge on any atom is -0.285 e. The number of nitrogens with one attached hydrogen (secondary N) is 1. The summed E-state index contributed by atoms with van der Waals surface area (Å²) in [6.07, 6.45) is 1.69. The largest absolute Gasteiger partial charge is 0.285 e. The monoisotopic (exact) mass is 406 g/mol. The van der Waals surface area contributed by atoms with E-state index in [1.807, 2.05) is 57.2 Å². The number of nitrogens with zero attached hydrogens (tertiary/aromatic N) is 1. The summed E-state index contributed by atoms with van der Waals surface area (Å²) < 4.78 is 30.7. The van der Waals surface area contributed by atoms with Crippen molar-refractivity contribution in [3.05, 3.63) is 72.9 Å². The Hall–Kier alpha value is -3.12. The minimum absolute atomic E-state index is 0.107. The molecule has 0 saturated heterocycles. The molecule has 0 aliphatic heterocycles. The van der Waals surface area contributed by atoms with Gasteiger partial charge in [0, 0.05) is 22.4 Å². The van der Waals surface area contributed by atoms with E-state index in [2.05, 4.69) is 4.72 Å². The van der Waals surface area contributed by atoms with Crippen LogP contribution in [0.2, 0.25) is 0 Å². The quantitative estimate of drug-likeness (QED) is 0.503. The van der Waals surface area contributed by atoms with Gasteiger partial charge in [-0.3, -0.25) is 14.1 Å². The van der Waals surface area contributed by atoms with Gasteiger partial charge < -0.3 is 0 Å². The van der Waals surface area contributed by atoms with Crippen LogP contribution in [0.3, 0.4) is 0 Å². The standard InChI is InChI=1S/C23H22N2O3S/c1-23(2,3)22(26)25-15-14-17-10-6-12-19(21(17)25)24-29(27,28)20-13-7-9-16-8-4-5-11-18(16)20/h4-15,24H,1-3H3. The zero-order valence-corrected chi connectivity index (χ0v) is 17.3. The Balaban J connectivity index is 1.86. The van der Waals surface area contributed by atoms with Crippen LogP contribution in [-0.4, -0.2) is 18.9 Å². The van der Waals surface area contributed by atoms with Gasteiger partial charge in [0.1, 0.15) is 0 Å². The van der Waals surface area contributed by atoms with E-state index in [4.69, 9.17) is 0 Å². The van der Waals surface area contributed by atoms with Crippen LogP contribution in [0.1, 0.15) is 25.6 Å². The summed E-state index contributed by atoms with van der Waals surface area (Å²) in [5.74, 6) is -0.107. The molecule has 1 heterocycles. The van der Waals surface area contributed by atoms with Crippen LogP contribution in [0.15, 0.2) is 77.8 Å². The van der Waals surface area contributed by atoms with E-state index in [0.29, 0.717) is 16.6 Å². The van der Waals surface area contributed by atoms with Crippen LogP contribution in [0.25, 0.3) is 21.7 Å². The minimum atomic E-state index is -3.86. The zero-order valence-electron chi connectivity index (χ0n) is 16.5. The second-order valence-electron chi connectivity index (χ2n) is 8.07. The lowest BCUT2D eigenvalue weighted by Crippen LogP contribution is -2.26. The number of para-hydroxylation sites is 1. The van der Waals surface area contributed by atoms with Crippen molar-refractivity contribution in [1.29, 1.82) is 0 Å². The predicted molar refractivity (Wildman–Crippen MR) is 117 cm³/mol. The molecule has 0 spiro atoms. The van der Waals surface area contributed by atoms with E-state index in [-0.39, 0.29) is 10.8 Å². The Kier molecular flexibility index (Phi) is 4.46. The van der Waals surface area contributed by atoms with Crippen molar-refractivity contribution in [2.75, 3.05) is 4.72 Å². The summed E-state index contributed by atoms with van der Waals surface area (Å²) in [6, 6.07) is 19.7. The molecule has 6 heteroatoms. The maximum absolute atomic E-state index is 13.3. The molecule has 1 N–H and O–H groups in total. The molecule has 0 unspecified atom stereocenters. The van der Waals surface area contributed by atoms with Gasteiger partial charge in [0.2, 0.25) is 5.91 Å².